The summed E-state index contributed by atoms with van der Waals surface area (Å²) in [4.78, 5) is 5.16. The molecule has 3 rings (SSSR count). The summed E-state index contributed by atoms with van der Waals surface area (Å²) in [6.45, 7) is 12.6. The van der Waals surface area contributed by atoms with Gasteiger partial charge in [-0.2, -0.15) is 5.10 Å². The maximum Gasteiger partial charge on any atom is 0.0764 e. The molecule has 1 unspecified atom stereocenters. The van der Waals surface area contributed by atoms with Gasteiger partial charge in [-0.1, -0.05) is 6.92 Å². The minimum absolute atomic E-state index is 0.506. The first-order chi connectivity index (χ1) is 9.76. The third kappa shape index (κ3) is 3.05. The Hall–Kier alpha value is -0.910. The van der Waals surface area contributed by atoms with E-state index in [1.54, 1.807) is 0 Å². The van der Waals surface area contributed by atoms with Gasteiger partial charge in [0.15, 0.2) is 0 Å². The van der Waals surface area contributed by atoms with Crippen molar-refractivity contribution in [3.05, 3.63) is 18.0 Å². The fraction of sp³-hybridized carbons (Fsp3) is 0.800. The zero-order chi connectivity index (χ0) is 13.9. The van der Waals surface area contributed by atoms with Crippen LogP contribution in [0.2, 0.25) is 0 Å². The van der Waals surface area contributed by atoms with Gasteiger partial charge in [-0.05, 0) is 19.4 Å². The molecule has 0 amide bonds. The summed E-state index contributed by atoms with van der Waals surface area (Å²) in [5.74, 6) is 0. The molecule has 0 bridgehead atoms. The molecule has 5 nitrogen and oxygen atoms in total. The summed E-state index contributed by atoms with van der Waals surface area (Å²) < 4.78 is 2.10. The fourth-order valence-electron chi connectivity index (χ4n) is 2.94. The quantitative estimate of drug-likeness (QED) is 0.869. The molecule has 2 aliphatic rings. The Bertz CT molecular complexity index is 418. The number of nitrogens with one attached hydrogen (secondary N) is 1. The molecular weight excluding hydrogens is 250 g/mol. The van der Waals surface area contributed by atoms with Crippen molar-refractivity contribution < 1.29 is 0 Å². The van der Waals surface area contributed by atoms with E-state index in [0.717, 1.165) is 19.0 Å². The Labute approximate surface area is 121 Å². The summed E-state index contributed by atoms with van der Waals surface area (Å²) in [7, 11) is 0. The molecule has 1 N–H and O–H groups in total. The summed E-state index contributed by atoms with van der Waals surface area (Å²) in [5, 5.41) is 8.07. The Kier molecular flexibility index (Phi) is 4.38. The monoisotopic (exact) mass is 277 g/mol. The van der Waals surface area contributed by atoms with Gasteiger partial charge >= 0.3 is 0 Å². The van der Waals surface area contributed by atoms with Crippen molar-refractivity contribution >= 4 is 0 Å². The van der Waals surface area contributed by atoms with Gasteiger partial charge in [-0.25, -0.2) is 0 Å². The smallest absolute Gasteiger partial charge is 0.0764 e. The largest absolute Gasteiger partial charge is 0.314 e. The van der Waals surface area contributed by atoms with E-state index in [4.69, 9.17) is 5.10 Å². The topological polar surface area (TPSA) is 36.3 Å². The lowest BCUT2D eigenvalue weighted by Crippen LogP contribution is -2.61. The molecule has 1 atom stereocenters. The van der Waals surface area contributed by atoms with E-state index < -0.39 is 0 Å². The summed E-state index contributed by atoms with van der Waals surface area (Å²) in [5.41, 5.74) is 1.21. The molecule has 0 radical (unpaired) electrons. The standard InChI is InChI=1S/C15H27N5/c1-3-13(2)20-5-4-14(17-20)12-18-6-8-19(9-7-18)15-10-16-11-15/h4-5,13,15-16H,3,6-12H2,1-2H3. The lowest BCUT2D eigenvalue weighted by molar-refractivity contribution is 0.0689. The highest BCUT2D eigenvalue weighted by Gasteiger charge is 2.27. The molecule has 20 heavy (non-hydrogen) atoms. The number of rotatable bonds is 5. The maximum atomic E-state index is 4.71. The number of hydrogen-bond acceptors (Lipinski definition) is 4. The molecule has 0 saturated carbocycles. The Morgan fingerprint density at radius 1 is 1.30 bits per heavy atom. The second-order valence-corrected chi connectivity index (χ2v) is 6.17. The van der Waals surface area contributed by atoms with Crippen LogP contribution in [0.15, 0.2) is 12.3 Å². The fourth-order valence-corrected chi connectivity index (χ4v) is 2.94. The van der Waals surface area contributed by atoms with Crippen LogP contribution in [0, 0.1) is 0 Å². The van der Waals surface area contributed by atoms with Crippen LogP contribution in [-0.4, -0.2) is 64.9 Å². The van der Waals surface area contributed by atoms with Gasteiger partial charge in [0.1, 0.15) is 0 Å². The zero-order valence-corrected chi connectivity index (χ0v) is 12.8. The molecule has 0 aliphatic carbocycles. The minimum atomic E-state index is 0.506. The molecule has 112 valence electrons. The van der Waals surface area contributed by atoms with Gasteiger partial charge in [-0.3, -0.25) is 14.5 Å². The molecule has 0 spiro atoms. The Balaban J connectivity index is 1.48. The molecule has 2 fully saturated rings. The van der Waals surface area contributed by atoms with Gasteiger partial charge in [0.25, 0.3) is 0 Å². The van der Waals surface area contributed by atoms with Crippen LogP contribution in [0.5, 0.6) is 0 Å². The zero-order valence-electron chi connectivity index (χ0n) is 12.8. The molecule has 5 heteroatoms. The molecule has 2 aliphatic heterocycles. The van der Waals surface area contributed by atoms with E-state index in [1.165, 1.54) is 45.0 Å². The van der Waals surface area contributed by atoms with E-state index in [1.807, 2.05) is 0 Å². The van der Waals surface area contributed by atoms with Crippen molar-refractivity contribution in [2.24, 2.45) is 0 Å². The van der Waals surface area contributed by atoms with Gasteiger partial charge < -0.3 is 5.32 Å². The van der Waals surface area contributed by atoms with Gasteiger partial charge in [-0.15, -0.1) is 0 Å². The van der Waals surface area contributed by atoms with Crippen molar-refractivity contribution in [2.75, 3.05) is 39.3 Å². The third-order valence-electron chi connectivity index (χ3n) is 4.77. The van der Waals surface area contributed by atoms with Crippen molar-refractivity contribution in [3.63, 3.8) is 0 Å². The molecule has 3 heterocycles. The Morgan fingerprint density at radius 3 is 2.65 bits per heavy atom. The van der Waals surface area contributed by atoms with Crippen LogP contribution in [0.4, 0.5) is 0 Å². The first-order valence-corrected chi connectivity index (χ1v) is 7.97. The van der Waals surface area contributed by atoms with E-state index in [2.05, 4.69) is 45.9 Å². The summed E-state index contributed by atoms with van der Waals surface area (Å²) in [6, 6.07) is 3.47. The predicted molar refractivity (Wildman–Crippen MR) is 80.7 cm³/mol. The molecular formula is C15H27N5. The highest BCUT2D eigenvalue weighted by Crippen LogP contribution is 2.13. The SMILES string of the molecule is CCC(C)n1ccc(CN2CCN(C3CNC3)CC2)n1. The molecule has 2 saturated heterocycles. The summed E-state index contributed by atoms with van der Waals surface area (Å²) in [6.07, 6.45) is 3.26. The van der Waals surface area contributed by atoms with Crippen molar-refractivity contribution in [1.29, 1.82) is 0 Å². The third-order valence-corrected chi connectivity index (χ3v) is 4.77. The van der Waals surface area contributed by atoms with Crippen molar-refractivity contribution in [2.45, 2.75) is 38.9 Å². The number of aromatic nitrogens is 2. The lowest BCUT2D eigenvalue weighted by atomic mass is 10.1. The van der Waals surface area contributed by atoms with Crippen LogP contribution in [-0.2, 0) is 6.54 Å². The van der Waals surface area contributed by atoms with Crippen molar-refractivity contribution in [1.82, 2.24) is 24.9 Å². The minimum Gasteiger partial charge on any atom is -0.314 e. The van der Waals surface area contributed by atoms with Crippen LogP contribution in [0.3, 0.4) is 0 Å². The predicted octanol–water partition coefficient (Wildman–Crippen LogP) is 0.944. The number of nitrogens with zero attached hydrogens (tertiary/aromatic N) is 4. The van der Waals surface area contributed by atoms with Crippen molar-refractivity contribution in [3.8, 4) is 0 Å². The molecule has 1 aromatic heterocycles. The first kappa shape index (κ1) is 14.0. The normalized spacial score (nSPS) is 23.7. The average Bonchev–Trinajstić information content (AvgIpc) is 2.86. The number of hydrogen-bond donors (Lipinski definition) is 1. The average molecular weight is 277 g/mol. The second kappa shape index (κ2) is 6.24. The first-order valence-electron chi connectivity index (χ1n) is 7.97. The second-order valence-electron chi connectivity index (χ2n) is 6.17. The van der Waals surface area contributed by atoms with E-state index in [-0.39, 0.29) is 0 Å². The van der Waals surface area contributed by atoms with Crippen LogP contribution in [0.25, 0.3) is 0 Å². The lowest BCUT2D eigenvalue weighted by Gasteiger charge is -2.43. The van der Waals surface area contributed by atoms with E-state index in [0.29, 0.717) is 6.04 Å². The van der Waals surface area contributed by atoms with Crippen LogP contribution >= 0.6 is 0 Å². The summed E-state index contributed by atoms with van der Waals surface area (Å²) >= 11 is 0. The van der Waals surface area contributed by atoms with E-state index in [9.17, 15) is 0 Å². The van der Waals surface area contributed by atoms with Crippen LogP contribution < -0.4 is 5.32 Å². The van der Waals surface area contributed by atoms with Gasteiger partial charge in [0, 0.05) is 64.1 Å². The van der Waals surface area contributed by atoms with Crippen LogP contribution in [0.1, 0.15) is 32.0 Å². The highest BCUT2D eigenvalue weighted by molar-refractivity contribution is 5.00. The number of piperazine rings is 1. The molecule has 1 aromatic rings. The Morgan fingerprint density at radius 2 is 2.05 bits per heavy atom. The van der Waals surface area contributed by atoms with Gasteiger partial charge in [0.2, 0.25) is 0 Å². The maximum absolute atomic E-state index is 4.71. The highest BCUT2D eigenvalue weighted by atomic mass is 15.3. The van der Waals surface area contributed by atoms with E-state index >= 15 is 0 Å². The molecule has 0 aromatic carbocycles. The van der Waals surface area contributed by atoms with Gasteiger partial charge in [0.05, 0.1) is 5.69 Å².